The van der Waals surface area contributed by atoms with Gasteiger partial charge in [-0.2, -0.15) is 0 Å². The van der Waals surface area contributed by atoms with Gasteiger partial charge in [0.05, 0.1) is 0 Å². The molecule has 1 unspecified atom stereocenters. The molecule has 0 bridgehead atoms. The Morgan fingerprint density at radius 1 is 1.43 bits per heavy atom. The van der Waals surface area contributed by atoms with E-state index in [1.807, 2.05) is 7.05 Å². The van der Waals surface area contributed by atoms with Crippen LogP contribution in [0, 0.1) is 5.82 Å². The minimum Gasteiger partial charge on any atom is -0.423 e. The van der Waals surface area contributed by atoms with Gasteiger partial charge in [-0.05, 0) is 56.1 Å². The second-order valence-corrected chi connectivity index (χ2v) is 5.84. The van der Waals surface area contributed by atoms with Crippen molar-refractivity contribution in [3.05, 3.63) is 29.6 Å². The average molecular weight is 294 g/mol. The molecule has 4 nitrogen and oxygen atoms in total. The predicted octanol–water partition coefficient (Wildman–Crippen LogP) is 0.422. The second-order valence-electron chi connectivity index (χ2n) is 5.84. The molecule has 0 aliphatic carbocycles. The van der Waals surface area contributed by atoms with Crippen molar-refractivity contribution < 1.29 is 14.4 Å². The number of likely N-dealkylation sites (N-methyl/N-ethyl adjacent to an activating group) is 2. The molecular formula is C15H24BFN2O2. The predicted molar refractivity (Wildman–Crippen MR) is 82.8 cm³/mol. The molecule has 1 heterocycles. The zero-order valence-electron chi connectivity index (χ0n) is 12.8. The van der Waals surface area contributed by atoms with Crippen LogP contribution in [0.15, 0.2) is 18.2 Å². The van der Waals surface area contributed by atoms with Gasteiger partial charge >= 0.3 is 7.12 Å². The van der Waals surface area contributed by atoms with E-state index in [1.54, 1.807) is 6.07 Å². The first-order valence-electron chi connectivity index (χ1n) is 7.58. The normalized spacial score (nSPS) is 19.4. The Morgan fingerprint density at radius 3 is 2.86 bits per heavy atom. The summed E-state index contributed by atoms with van der Waals surface area (Å²) in [6, 6.07) is 4.75. The Bertz CT molecular complexity index is 473. The van der Waals surface area contributed by atoms with Crippen LogP contribution in [0.1, 0.15) is 25.3 Å². The van der Waals surface area contributed by atoms with Gasteiger partial charge < -0.3 is 14.9 Å². The van der Waals surface area contributed by atoms with E-state index in [4.69, 9.17) is 0 Å². The van der Waals surface area contributed by atoms with Gasteiger partial charge in [-0.3, -0.25) is 4.90 Å². The van der Waals surface area contributed by atoms with Crippen molar-refractivity contribution in [2.75, 3.05) is 26.7 Å². The molecule has 1 aliphatic heterocycles. The maximum Gasteiger partial charge on any atom is 0.488 e. The lowest BCUT2D eigenvalue weighted by Crippen LogP contribution is -2.40. The molecule has 0 saturated carbocycles. The SMILES string of the molecule is CCN1CCCC1CN(C)Cc1ccc(F)cc1B(O)O. The molecule has 1 aromatic carbocycles. The van der Waals surface area contributed by atoms with Crippen LogP contribution in [0.25, 0.3) is 0 Å². The van der Waals surface area contributed by atoms with Crippen LogP contribution in [-0.2, 0) is 6.54 Å². The fraction of sp³-hybridized carbons (Fsp3) is 0.600. The highest BCUT2D eigenvalue weighted by Gasteiger charge is 2.25. The highest BCUT2D eigenvalue weighted by Crippen LogP contribution is 2.18. The number of nitrogens with zero attached hydrogens (tertiary/aromatic N) is 2. The molecule has 1 aliphatic rings. The second kappa shape index (κ2) is 7.36. The summed E-state index contributed by atoms with van der Waals surface area (Å²) in [7, 11) is 0.381. The number of likely N-dealkylation sites (tertiary alicyclic amines) is 1. The lowest BCUT2D eigenvalue weighted by Gasteiger charge is -2.28. The van der Waals surface area contributed by atoms with Crippen molar-refractivity contribution in [1.29, 1.82) is 0 Å². The molecule has 2 N–H and O–H groups in total. The van der Waals surface area contributed by atoms with Crippen LogP contribution in [0.5, 0.6) is 0 Å². The molecule has 6 heteroatoms. The molecule has 0 spiro atoms. The first-order valence-corrected chi connectivity index (χ1v) is 7.58. The minimum atomic E-state index is -1.64. The lowest BCUT2D eigenvalue weighted by atomic mass is 9.77. The molecule has 1 fully saturated rings. The quantitative estimate of drug-likeness (QED) is 0.747. The van der Waals surface area contributed by atoms with Gasteiger partial charge in [0, 0.05) is 19.1 Å². The number of halogens is 1. The van der Waals surface area contributed by atoms with Crippen LogP contribution in [0.2, 0.25) is 0 Å². The van der Waals surface area contributed by atoms with Gasteiger partial charge in [-0.1, -0.05) is 13.0 Å². The van der Waals surface area contributed by atoms with Crippen molar-refractivity contribution in [3.63, 3.8) is 0 Å². The van der Waals surface area contributed by atoms with Crippen LogP contribution in [0.3, 0.4) is 0 Å². The van der Waals surface area contributed by atoms with E-state index in [1.165, 1.54) is 25.0 Å². The summed E-state index contributed by atoms with van der Waals surface area (Å²) in [5.41, 5.74) is 1.01. The zero-order chi connectivity index (χ0) is 15.4. The molecule has 1 saturated heterocycles. The van der Waals surface area contributed by atoms with Gasteiger partial charge in [0.1, 0.15) is 5.82 Å². The number of hydrogen-bond acceptors (Lipinski definition) is 4. The summed E-state index contributed by atoms with van der Waals surface area (Å²) in [4.78, 5) is 4.64. The third-order valence-electron chi connectivity index (χ3n) is 4.25. The molecule has 0 amide bonds. The summed E-state index contributed by atoms with van der Waals surface area (Å²) in [6.07, 6.45) is 2.45. The Balaban J connectivity index is 2.01. The Hall–Kier alpha value is -0.945. The van der Waals surface area contributed by atoms with Gasteiger partial charge in [0.2, 0.25) is 0 Å². The van der Waals surface area contributed by atoms with Crippen molar-refractivity contribution in [2.24, 2.45) is 0 Å². The first kappa shape index (κ1) is 16.4. The van der Waals surface area contributed by atoms with E-state index >= 15 is 0 Å². The lowest BCUT2D eigenvalue weighted by molar-refractivity contribution is 0.195. The number of rotatable bonds is 6. The van der Waals surface area contributed by atoms with E-state index in [2.05, 4.69) is 16.7 Å². The monoisotopic (exact) mass is 294 g/mol. The van der Waals surface area contributed by atoms with Crippen molar-refractivity contribution in [2.45, 2.75) is 32.4 Å². The molecule has 0 radical (unpaired) electrons. The Kier molecular flexibility index (Phi) is 5.76. The summed E-state index contributed by atoms with van der Waals surface area (Å²) < 4.78 is 13.2. The van der Waals surface area contributed by atoms with Crippen LogP contribution < -0.4 is 5.46 Å². The van der Waals surface area contributed by atoms with Gasteiger partial charge in [0.25, 0.3) is 0 Å². The fourth-order valence-electron chi connectivity index (χ4n) is 3.18. The van der Waals surface area contributed by atoms with E-state index in [0.717, 1.165) is 25.2 Å². The highest BCUT2D eigenvalue weighted by molar-refractivity contribution is 6.59. The molecule has 2 rings (SSSR count). The minimum absolute atomic E-state index is 0.251. The average Bonchev–Trinajstić information content (AvgIpc) is 2.87. The van der Waals surface area contributed by atoms with E-state index in [9.17, 15) is 14.4 Å². The summed E-state index contributed by atoms with van der Waals surface area (Å²) in [5.74, 6) is -0.447. The first-order chi connectivity index (χ1) is 10.0. The maximum absolute atomic E-state index is 13.2. The van der Waals surface area contributed by atoms with Gasteiger partial charge in [-0.25, -0.2) is 4.39 Å². The zero-order valence-corrected chi connectivity index (χ0v) is 12.8. The molecule has 1 aromatic rings. The third kappa shape index (κ3) is 4.26. The Labute approximate surface area is 126 Å². The van der Waals surface area contributed by atoms with E-state index < -0.39 is 12.9 Å². The third-order valence-corrected chi connectivity index (χ3v) is 4.25. The largest absolute Gasteiger partial charge is 0.488 e. The summed E-state index contributed by atoms with van der Waals surface area (Å²) >= 11 is 0. The fourth-order valence-corrected chi connectivity index (χ4v) is 3.18. The van der Waals surface area contributed by atoms with Crippen LogP contribution in [-0.4, -0.2) is 59.7 Å². The Morgan fingerprint density at radius 2 is 2.19 bits per heavy atom. The topological polar surface area (TPSA) is 46.9 Å². The summed E-state index contributed by atoms with van der Waals surface area (Å²) in [6.45, 7) is 5.92. The van der Waals surface area contributed by atoms with E-state index in [-0.39, 0.29) is 5.46 Å². The molecular weight excluding hydrogens is 270 g/mol. The highest BCUT2D eigenvalue weighted by atomic mass is 19.1. The summed E-state index contributed by atoms with van der Waals surface area (Å²) in [5, 5.41) is 18.7. The molecule has 1 atom stereocenters. The smallest absolute Gasteiger partial charge is 0.423 e. The molecule has 0 aromatic heterocycles. The van der Waals surface area contributed by atoms with Gasteiger partial charge in [0.15, 0.2) is 0 Å². The van der Waals surface area contributed by atoms with Crippen LogP contribution >= 0.6 is 0 Å². The molecule has 116 valence electrons. The van der Waals surface area contributed by atoms with Crippen molar-refractivity contribution in [3.8, 4) is 0 Å². The van der Waals surface area contributed by atoms with Crippen molar-refractivity contribution >= 4 is 12.6 Å². The number of benzene rings is 1. The standard InChI is InChI=1S/C15H24BFN2O2/c1-3-19-8-4-5-14(19)11-18(2)10-12-6-7-13(17)9-15(12)16(20)21/h6-7,9,14,20-21H,3-5,8,10-11H2,1-2H3. The maximum atomic E-state index is 13.2. The van der Waals surface area contributed by atoms with E-state index in [0.29, 0.717) is 12.6 Å². The van der Waals surface area contributed by atoms with Crippen LogP contribution in [0.4, 0.5) is 4.39 Å². The van der Waals surface area contributed by atoms with Crippen molar-refractivity contribution in [1.82, 2.24) is 9.80 Å². The number of hydrogen-bond donors (Lipinski definition) is 2. The molecule has 21 heavy (non-hydrogen) atoms. The van der Waals surface area contributed by atoms with Gasteiger partial charge in [-0.15, -0.1) is 0 Å².